The molecule has 2 aromatic rings. The van der Waals surface area contributed by atoms with Crippen molar-refractivity contribution >= 4 is 40.1 Å². The lowest BCUT2D eigenvalue weighted by atomic mass is 9.90. The summed E-state index contributed by atoms with van der Waals surface area (Å²) < 4.78 is 20.5. The van der Waals surface area contributed by atoms with Gasteiger partial charge in [0.15, 0.2) is 11.6 Å². The van der Waals surface area contributed by atoms with E-state index in [-0.39, 0.29) is 57.6 Å². The Kier molecular flexibility index (Phi) is 7.28. The number of nitrogens with zero attached hydrogens (tertiary/aromatic N) is 1. The van der Waals surface area contributed by atoms with Gasteiger partial charge < -0.3 is 20.4 Å². The Hall–Kier alpha value is -3.12. The highest BCUT2D eigenvalue weighted by molar-refractivity contribution is 6.35. The minimum atomic E-state index is -0.869. The Morgan fingerprint density at radius 2 is 2.06 bits per heavy atom. The Morgan fingerprint density at radius 3 is 2.64 bits per heavy atom. The molecule has 36 heavy (non-hydrogen) atoms. The summed E-state index contributed by atoms with van der Waals surface area (Å²) in [5.41, 5.74) is -0.365. The molecule has 1 aliphatic carbocycles. The number of aromatic amines is 1. The first-order chi connectivity index (χ1) is 17.0. The van der Waals surface area contributed by atoms with Crippen LogP contribution < -0.4 is 15.4 Å². The number of benzene rings is 1. The van der Waals surface area contributed by atoms with Crippen molar-refractivity contribution < 1.29 is 23.5 Å². The third-order valence-corrected chi connectivity index (χ3v) is 7.32. The van der Waals surface area contributed by atoms with Gasteiger partial charge in [0.2, 0.25) is 11.8 Å². The van der Waals surface area contributed by atoms with E-state index in [1.807, 2.05) is 13.8 Å². The van der Waals surface area contributed by atoms with E-state index in [0.29, 0.717) is 18.8 Å². The smallest absolute Gasteiger partial charge is 0.224 e. The Balaban J connectivity index is 1.49. The van der Waals surface area contributed by atoms with Crippen LogP contribution in [0.15, 0.2) is 12.1 Å². The number of ether oxygens (including phenoxy) is 1. The standard InChI is InChI=1S/C26H30ClFN4O4/c1-26(2)11-15(25(35)32-26)9-16(12-29)30-24(34)14(8-13-4-5-13)10-18(33)23-21(28)20-19(36-3)7-6-17(27)22(20)31-23/h6-7,13-16,31H,4-5,8-11H2,1-3H3,(H,30,34)(H,32,35). The van der Waals surface area contributed by atoms with Crippen LogP contribution in [0.1, 0.15) is 62.9 Å². The highest BCUT2D eigenvalue weighted by atomic mass is 35.5. The molecule has 3 unspecified atom stereocenters. The third-order valence-electron chi connectivity index (χ3n) is 7.00. The number of hydrogen-bond acceptors (Lipinski definition) is 5. The number of carbonyl (C=O) groups is 3. The molecule has 2 amide bonds. The average molecular weight is 517 g/mol. The summed E-state index contributed by atoms with van der Waals surface area (Å²) in [5, 5.41) is 15.6. The fourth-order valence-electron chi connectivity index (χ4n) is 5.03. The summed E-state index contributed by atoms with van der Waals surface area (Å²) in [4.78, 5) is 41.4. The fraction of sp³-hybridized carbons (Fsp3) is 0.538. The molecular formula is C26H30ClFN4O4. The second-order valence-electron chi connectivity index (χ2n) is 10.5. The van der Waals surface area contributed by atoms with Crippen LogP contribution in [0.2, 0.25) is 5.02 Å². The van der Waals surface area contributed by atoms with Crippen molar-refractivity contribution in [3.05, 3.63) is 28.7 Å². The maximum Gasteiger partial charge on any atom is 0.224 e. The van der Waals surface area contributed by atoms with Gasteiger partial charge in [-0.2, -0.15) is 5.26 Å². The van der Waals surface area contributed by atoms with E-state index in [1.165, 1.54) is 13.2 Å². The molecule has 1 aromatic heterocycles. The number of halogens is 2. The number of carbonyl (C=O) groups excluding carboxylic acids is 3. The highest BCUT2D eigenvalue weighted by Crippen LogP contribution is 2.38. The van der Waals surface area contributed by atoms with Gasteiger partial charge in [-0.3, -0.25) is 14.4 Å². The molecule has 2 aliphatic rings. The molecule has 3 N–H and O–H groups in total. The molecule has 0 bridgehead atoms. The summed E-state index contributed by atoms with van der Waals surface area (Å²) in [6.45, 7) is 3.82. The highest BCUT2D eigenvalue weighted by Gasteiger charge is 2.39. The van der Waals surface area contributed by atoms with E-state index in [1.54, 1.807) is 6.07 Å². The quantitative estimate of drug-likeness (QED) is 0.407. The van der Waals surface area contributed by atoms with Gasteiger partial charge in [0.25, 0.3) is 0 Å². The molecule has 8 nitrogen and oxygen atoms in total. The number of nitrogens with one attached hydrogen (secondary N) is 3. The van der Waals surface area contributed by atoms with Crippen molar-refractivity contribution in [3.63, 3.8) is 0 Å². The van der Waals surface area contributed by atoms with Crippen LogP contribution >= 0.6 is 11.6 Å². The van der Waals surface area contributed by atoms with Crippen LogP contribution in [0.25, 0.3) is 10.9 Å². The maximum atomic E-state index is 15.3. The number of nitriles is 1. The monoisotopic (exact) mass is 516 g/mol. The number of amides is 2. The molecule has 2 fully saturated rings. The molecule has 1 aliphatic heterocycles. The van der Waals surface area contributed by atoms with Crippen LogP contribution in [0, 0.1) is 34.9 Å². The third kappa shape index (κ3) is 5.49. The van der Waals surface area contributed by atoms with Crippen molar-refractivity contribution in [1.82, 2.24) is 15.6 Å². The number of Topliss-reactive ketones (excluding diaryl/α,β-unsaturated/α-hetero) is 1. The molecule has 4 rings (SSSR count). The maximum absolute atomic E-state index is 15.3. The molecule has 0 spiro atoms. The van der Waals surface area contributed by atoms with Crippen molar-refractivity contribution in [2.24, 2.45) is 17.8 Å². The zero-order chi connectivity index (χ0) is 26.2. The molecule has 1 saturated heterocycles. The van der Waals surface area contributed by atoms with Gasteiger partial charge in [-0.05, 0) is 51.2 Å². The molecule has 2 heterocycles. The first-order valence-corrected chi connectivity index (χ1v) is 12.5. The topological polar surface area (TPSA) is 124 Å². The number of rotatable bonds is 10. The molecule has 192 valence electrons. The normalized spacial score (nSPS) is 20.4. The van der Waals surface area contributed by atoms with Crippen molar-refractivity contribution in [3.8, 4) is 11.8 Å². The first kappa shape index (κ1) is 26.0. The Bertz CT molecular complexity index is 1250. The predicted octanol–water partition coefficient (Wildman–Crippen LogP) is 4.27. The minimum Gasteiger partial charge on any atom is -0.496 e. The van der Waals surface area contributed by atoms with Gasteiger partial charge >= 0.3 is 0 Å². The lowest BCUT2D eigenvalue weighted by molar-refractivity contribution is -0.127. The van der Waals surface area contributed by atoms with Gasteiger partial charge in [-0.1, -0.05) is 24.4 Å². The lowest BCUT2D eigenvalue weighted by Crippen LogP contribution is -2.41. The zero-order valence-corrected chi connectivity index (χ0v) is 21.3. The number of hydrogen-bond donors (Lipinski definition) is 3. The van der Waals surface area contributed by atoms with Crippen molar-refractivity contribution in [2.45, 2.75) is 64.0 Å². The number of aromatic nitrogens is 1. The van der Waals surface area contributed by atoms with Crippen LogP contribution in [0.5, 0.6) is 5.75 Å². The van der Waals surface area contributed by atoms with E-state index >= 15 is 4.39 Å². The molecule has 3 atom stereocenters. The average Bonchev–Trinajstić information content (AvgIpc) is 3.51. The largest absolute Gasteiger partial charge is 0.496 e. The Morgan fingerprint density at radius 1 is 1.33 bits per heavy atom. The van der Waals surface area contributed by atoms with Crippen molar-refractivity contribution in [1.29, 1.82) is 5.26 Å². The van der Waals surface area contributed by atoms with E-state index in [9.17, 15) is 19.6 Å². The lowest BCUT2D eigenvalue weighted by Gasteiger charge is -2.20. The summed E-state index contributed by atoms with van der Waals surface area (Å²) in [5.74, 6) is -2.46. The minimum absolute atomic E-state index is 0.0823. The van der Waals surface area contributed by atoms with Gasteiger partial charge in [0.05, 0.1) is 29.1 Å². The van der Waals surface area contributed by atoms with Crippen molar-refractivity contribution in [2.75, 3.05) is 7.11 Å². The van der Waals surface area contributed by atoms with Crippen LogP contribution in [0.4, 0.5) is 4.39 Å². The number of fused-ring (bicyclic) bond motifs is 1. The molecule has 1 aromatic carbocycles. The molecule has 10 heteroatoms. The van der Waals surface area contributed by atoms with Crippen LogP contribution in [-0.2, 0) is 9.59 Å². The van der Waals surface area contributed by atoms with Gasteiger partial charge in [0.1, 0.15) is 17.5 Å². The van der Waals surface area contributed by atoms with E-state index < -0.39 is 29.5 Å². The zero-order valence-electron chi connectivity index (χ0n) is 20.5. The summed E-state index contributed by atoms with van der Waals surface area (Å²) in [7, 11) is 1.40. The summed E-state index contributed by atoms with van der Waals surface area (Å²) in [6.07, 6.45) is 2.93. The molecule has 0 radical (unpaired) electrons. The van der Waals surface area contributed by atoms with E-state index in [4.69, 9.17) is 16.3 Å². The second kappa shape index (κ2) is 10.1. The van der Waals surface area contributed by atoms with Crippen LogP contribution in [0.3, 0.4) is 0 Å². The van der Waals surface area contributed by atoms with Crippen LogP contribution in [-0.4, -0.2) is 41.3 Å². The first-order valence-electron chi connectivity index (χ1n) is 12.1. The molecule has 1 saturated carbocycles. The number of methoxy groups -OCH3 is 1. The number of ketones is 1. The van der Waals surface area contributed by atoms with Gasteiger partial charge in [0, 0.05) is 23.8 Å². The van der Waals surface area contributed by atoms with E-state index in [0.717, 1.165) is 12.8 Å². The summed E-state index contributed by atoms with van der Waals surface area (Å²) >= 11 is 6.19. The summed E-state index contributed by atoms with van der Waals surface area (Å²) in [6, 6.07) is 4.27. The fourth-order valence-corrected chi connectivity index (χ4v) is 5.24. The SMILES string of the molecule is COc1ccc(Cl)c2[nH]c(C(=O)CC(CC3CC3)C(=O)NC(C#N)CC3CC(C)(C)NC3=O)c(F)c12. The number of H-pyrrole nitrogens is 1. The van der Waals surface area contributed by atoms with Gasteiger partial charge in [-0.25, -0.2) is 4.39 Å². The predicted molar refractivity (Wildman–Crippen MR) is 132 cm³/mol. The van der Waals surface area contributed by atoms with E-state index in [2.05, 4.69) is 21.7 Å². The van der Waals surface area contributed by atoms with Gasteiger partial charge in [-0.15, -0.1) is 0 Å². The second-order valence-corrected chi connectivity index (χ2v) is 10.9. The Labute approximate surface area is 213 Å². The molecular weight excluding hydrogens is 487 g/mol.